The SMILES string of the molecule is C/C(=C\c1c(-n2ccc(N)c(F)c2=O)ccnc1C)C(C)N1CC=C(c2ccc(C(=O)N(C)C)cc2C)CC1.CC. The monoisotopic (exact) mass is 559 g/mol. The third-order valence-electron chi connectivity index (χ3n) is 7.53. The number of carbonyl (C=O) groups is 1. The number of amides is 1. The van der Waals surface area contributed by atoms with Gasteiger partial charge in [0.15, 0.2) is 0 Å². The molecule has 3 aromatic rings. The predicted octanol–water partition coefficient (Wildman–Crippen LogP) is 5.88. The van der Waals surface area contributed by atoms with Gasteiger partial charge < -0.3 is 10.6 Å². The van der Waals surface area contributed by atoms with Crippen LogP contribution in [0.25, 0.3) is 17.3 Å². The lowest BCUT2D eigenvalue weighted by Crippen LogP contribution is -2.37. The van der Waals surface area contributed by atoms with Crippen LogP contribution in [0.15, 0.2) is 59.2 Å². The van der Waals surface area contributed by atoms with Gasteiger partial charge in [-0.25, -0.2) is 0 Å². The van der Waals surface area contributed by atoms with Gasteiger partial charge in [-0.05, 0) is 75.1 Å². The number of rotatable bonds is 6. The van der Waals surface area contributed by atoms with E-state index < -0.39 is 11.4 Å². The normalized spacial score (nSPS) is 14.6. The lowest BCUT2D eigenvalue weighted by atomic mass is 9.93. The molecule has 1 aliphatic rings. The summed E-state index contributed by atoms with van der Waals surface area (Å²) in [4.78, 5) is 33.3. The number of hydrogen-bond acceptors (Lipinski definition) is 5. The van der Waals surface area contributed by atoms with Crippen LogP contribution in [0, 0.1) is 19.7 Å². The number of nitrogen functional groups attached to an aromatic ring is 1. The van der Waals surface area contributed by atoms with E-state index in [0.29, 0.717) is 11.3 Å². The van der Waals surface area contributed by atoms with E-state index in [9.17, 15) is 14.0 Å². The van der Waals surface area contributed by atoms with Crippen LogP contribution in [0.5, 0.6) is 0 Å². The molecule has 1 unspecified atom stereocenters. The van der Waals surface area contributed by atoms with Crippen molar-refractivity contribution >= 4 is 23.2 Å². The Kier molecular flexibility index (Phi) is 10.4. The maximum Gasteiger partial charge on any atom is 0.293 e. The zero-order chi connectivity index (χ0) is 30.4. The summed E-state index contributed by atoms with van der Waals surface area (Å²) in [6, 6.07) is 9.16. The van der Waals surface area contributed by atoms with Crippen LogP contribution < -0.4 is 11.3 Å². The Hall–Kier alpha value is -4.04. The van der Waals surface area contributed by atoms with Crippen LogP contribution in [-0.4, -0.2) is 58.5 Å². The number of nitrogens with zero attached hydrogens (tertiary/aromatic N) is 4. The highest BCUT2D eigenvalue weighted by molar-refractivity contribution is 5.94. The van der Waals surface area contributed by atoms with Crippen molar-refractivity contribution in [3.05, 3.63) is 98.5 Å². The molecule has 3 heterocycles. The Balaban J connectivity index is 0.00000226. The molecule has 7 nitrogen and oxygen atoms in total. The molecule has 0 bridgehead atoms. The molecule has 0 aliphatic carbocycles. The Morgan fingerprint density at radius 2 is 1.88 bits per heavy atom. The molecule has 4 rings (SSSR count). The summed E-state index contributed by atoms with van der Waals surface area (Å²) in [5.74, 6) is -0.958. The van der Waals surface area contributed by atoms with E-state index >= 15 is 0 Å². The van der Waals surface area contributed by atoms with Gasteiger partial charge >= 0.3 is 0 Å². The summed E-state index contributed by atoms with van der Waals surface area (Å²) < 4.78 is 15.6. The van der Waals surface area contributed by atoms with Crippen molar-refractivity contribution in [1.82, 2.24) is 19.4 Å². The second-order valence-corrected chi connectivity index (χ2v) is 10.4. The highest BCUT2D eigenvalue weighted by Crippen LogP contribution is 2.29. The maximum absolute atomic E-state index is 14.3. The Morgan fingerprint density at radius 1 is 1.17 bits per heavy atom. The molecule has 218 valence electrons. The molecule has 0 saturated carbocycles. The minimum Gasteiger partial charge on any atom is -0.396 e. The van der Waals surface area contributed by atoms with E-state index in [1.807, 2.05) is 39.0 Å². The summed E-state index contributed by atoms with van der Waals surface area (Å²) in [6.45, 7) is 13.8. The van der Waals surface area contributed by atoms with Gasteiger partial charge in [-0.15, -0.1) is 0 Å². The minimum absolute atomic E-state index is 0.00273. The van der Waals surface area contributed by atoms with E-state index in [-0.39, 0.29) is 17.6 Å². The first kappa shape index (κ1) is 31.5. The lowest BCUT2D eigenvalue weighted by molar-refractivity contribution is 0.0827. The van der Waals surface area contributed by atoms with Gasteiger partial charge in [-0.2, -0.15) is 4.39 Å². The van der Waals surface area contributed by atoms with E-state index in [0.717, 1.165) is 41.9 Å². The second-order valence-electron chi connectivity index (χ2n) is 10.4. The van der Waals surface area contributed by atoms with Gasteiger partial charge in [-0.1, -0.05) is 37.6 Å². The quantitative estimate of drug-likeness (QED) is 0.408. The third kappa shape index (κ3) is 6.82. The van der Waals surface area contributed by atoms with Crippen LogP contribution in [0.1, 0.15) is 66.9 Å². The van der Waals surface area contributed by atoms with Gasteiger partial charge in [0.05, 0.1) is 11.4 Å². The molecule has 1 aliphatic heterocycles. The summed E-state index contributed by atoms with van der Waals surface area (Å²) in [5.41, 5.74) is 12.1. The Morgan fingerprint density at radius 3 is 2.49 bits per heavy atom. The number of nitrogens with two attached hydrogens (primary N) is 1. The van der Waals surface area contributed by atoms with Crippen molar-refractivity contribution in [3.63, 3.8) is 0 Å². The molecule has 0 saturated heterocycles. The van der Waals surface area contributed by atoms with Crippen LogP contribution in [0.2, 0.25) is 0 Å². The number of hydrogen-bond donors (Lipinski definition) is 1. The zero-order valence-corrected chi connectivity index (χ0v) is 25.5. The summed E-state index contributed by atoms with van der Waals surface area (Å²) in [6.07, 6.45) is 8.31. The van der Waals surface area contributed by atoms with Crippen molar-refractivity contribution in [2.24, 2.45) is 0 Å². The molecular formula is C33H42FN5O2. The fourth-order valence-corrected chi connectivity index (χ4v) is 5.00. The number of aromatic nitrogens is 2. The fourth-order valence-electron chi connectivity index (χ4n) is 5.00. The first-order valence-corrected chi connectivity index (χ1v) is 14.1. The van der Waals surface area contributed by atoms with Gasteiger partial charge in [0.25, 0.3) is 11.5 Å². The van der Waals surface area contributed by atoms with E-state index in [1.54, 1.807) is 31.3 Å². The summed E-state index contributed by atoms with van der Waals surface area (Å²) >= 11 is 0. The number of benzene rings is 1. The van der Waals surface area contributed by atoms with Crippen molar-refractivity contribution in [3.8, 4) is 5.69 Å². The number of anilines is 1. The molecule has 8 heteroatoms. The molecule has 1 amide bonds. The molecule has 2 N–H and O–H groups in total. The predicted molar refractivity (Wildman–Crippen MR) is 167 cm³/mol. The van der Waals surface area contributed by atoms with Crippen LogP contribution in [-0.2, 0) is 0 Å². The van der Waals surface area contributed by atoms with Crippen molar-refractivity contribution < 1.29 is 9.18 Å². The summed E-state index contributed by atoms with van der Waals surface area (Å²) in [5, 5.41) is 0. The lowest BCUT2D eigenvalue weighted by Gasteiger charge is -2.33. The molecule has 1 atom stereocenters. The molecule has 2 aromatic heterocycles. The molecule has 41 heavy (non-hydrogen) atoms. The number of pyridine rings is 2. The molecular weight excluding hydrogens is 517 g/mol. The standard InChI is InChI=1S/C31H36FN5O2.C2H6/c1-19(18-26-21(3)34-13-9-28(26)37-16-12-27(33)29(32)31(37)39)22(4)36-14-10-23(11-15-36)25-8-7-24(17-20(25)2)30(38)35(5)6;1-2/h7-10,12-13,16-18,22H,11,14-15,33H2,1-6H3;1-2H3/b19-18+;. The first-order valence-electron chi connectivity index (χ1n) is 14.1. The average molecular weight is 560 g/mol. The van der Waals surface area contributed by atoms with Crippen molar-refractivity contribution in [1.29, 1.82) is 0 Å². The molecule has 0 radical (unpaired) electrons. The van der Waals surface area contributed by atoms with E-state index in [4.69, 9.17) is 5.73 Å². The van der Waals surface area contributed by atoms with Gasteiger partial charge in [-0.3, -0.25) is 24.0 Å². The third-order valence-corrected chi connectivity index (χ3v) is 7.53. The number of carbonyl (C=O) groups excluding carboxylic acids is 1. The molecule has 1 aromatic carbocycles. The van der Waals surface area contributed by atoms with Crippen molar-refractivity contribution in [2.45, 2.75) is 54.0 Å². The van der Waals surface area contributed by atoms with Crippen LogP contribution in [0.4, 0.5) is 10.1 Å². The highest BCUT2D eigenvalue weighted by Gasteiger charge is 2.21. The molecule has 0 spiro atoms. The van der Waals surface area contributed by atoms with Crippen LogP contribution >= 0.6 is 0 Å². The van der Waals surface area contributed by atoms with Crippen molar-refractivity contribution in [2.75, 3.05) is 32.9 Å². The summed E-state index contributed by atoms with van der Waals surface area (Å²) in [7, 11) is 3.52. The smallest absolute Gasteiger partial charge is 0.293 e. The highest BCUT2D eigenvalue weighted by atomic mass is 19.1. The van der Waals surface area contributed by atoms with Gasteiger partial charge in [0.2, 0.25) is 5.82 Å². The average Bonchev–Trinajstić information content (AvgIpc) is 2.97. The van der Waals surface area contributed by atoms with E-state index in [2.05, 4.69) is 42.8 Å². The number of aryl methyl sites for hydroxylation is 2. The Labute approximate surface area is 242 Å². The largest absolute Gasteiger partial charge is 0.396 e. The van der Waals surface area contributed by atoms with Gasteiger partial charge in [0.1, 0.15) is 0 Å². The first-order chi connectivity index (χ1) is 19.5. The number of halogens is 1. The second kappa shape index (κ2) is 13.5. The topological polar surface area (TPSA) is 84.5 Å². The van der Waals surface area contributed by atoms with Gasteiger partial charge in [0, 0.05) is 62.4 Å². The van der Waals surface area contributed by atoms with Crippen LogP contribution in [0.3, 0.4) is 0 Å². The van der Waals surface area contributed by atoms with E-state index in [1.165, 1.54) is 28.0 Å². The zero-order valence-electron chi connectivity index (χ0n) is 25.5. The Bertz CT molecular complexity index is 1540. The fraction of sp³-hybridized carbons (Fsp3) is 0.364. The maximum atomic E-state index is 14.3. The minimum atomic E-state index is -0.961. The molecule has 0 fully saturated rings.